The van der Waals surface area contributed by atoms with Crippen molar-refractivity contribution in [2.45, 2.75) is 12.5 Å². The molecule has 1 heterocycles. The molecule has 0 saturated heterocycles. The molecule has 1 atom stereocenters. The topological polar surface area (TPSA) is 48.0 Å². The normalized spacial score (nSPS) is 12.0. The van der Waals surface area contributed by atoms with E-state index in [1.54, 1.807) is 16.8 Å². The summed E-state index contributed by atoms with van der Waals surface area (Å²) in [7, 11) is 0. The van der Waals surface area contributed by atoms with Gasteiger partial charge in [-0.1, -0.05) is 48.6 Å². The van der Waals surface area contributed by atoms with Gasteiger partial charge in [-0.15, -0.1) is 0 Å². The molecule has 0 aliphatic heterocycles. The highest BCUT2D eigenvalue weighted by atomic mass is 32.1. The SMILES string of the molecule is NC(=S)C(Cn1ccccc1=O)c1ccccc1. The van der Waals surface area contributed by atoms with Gasteiger partial charge in [-0.2, -0.15) is 0 Å². The van der Waals surface area contributed by atoms with Gasteiger partial charge in [0, 0.05) is 18.8 Å². The summed E-state index contributed by atoms with van der Waals surface area (Å²) in [5, 5.41) is 0. The molecule has 0 saturated carbocycles. The quantitative estimate of drug-likeness (QED) is 0.852. The lowest BCUT2D eigenvalue weighted by Crippen LogP contribution is -2.28. The number of nitrogens with zero attached hydrogens (tertiary/aromatic N) is 1. The summed E-state index contributed by atoms with van der Waals surface area (Å²) in [5.74, 6) is -0.124. The first-order valence-electron chi connectivity index (χ1n) is 5.68. The number of hydrogen-bond acceptors (Lipinski definition) is 2. The van der Waals surface area contributed by atoms with E-state index in [0.717, 1.165) is 5.56 Å². The summed E-state index contributed by atoms with van der Waals surface area (Å²) in [6.07, 6.45) is 1.75. The number of benzene rings is 1. The van der Waals surface area contributed by atoms with Crippen molar-refractivity contribution in [2.75, 3.05) is 0 Å². The van der Waals surface area contributed by atoms with Crippen LogP contribution in [0.4, 0.5) is 0 Å². The van der Waals surface area contributed by atoms with E-state index in [1.165, 1.54) is 6.07 Å². The molecular weight excluding hydrogens is 244 g/mol. The minimum absolute atomic E-state index is 0.0466. The molecule has 2 rings (SSSR count). The van der Waals surface area contributed by atoms with Gasteiger partial charge in [0.2, 0.25) is 0 Å². The molecule has 1 aromatic carbocycles. The van der Waals surface area contributed by atoms with Crippen molar-refractivity contribution in [1.29, 1.82) is 0 Å². The third kappa shape index (κ3) is 2.84. The Balaban J connectivity index is 2.31. The summed E-state index contributed by atoms with van der Waals surface area (Å²) in [5.41, 5.74) is 6.76. The molecule has 0 fully saturated rings. The highest BCUT2D eigenvalue weighted by Crippen LogP contribution is 2.17. The largest absolute Gasteiger partial charge is 0.393 e. The Bertz CT molecular complexity index is 592. The van der Waals surface area contributed by atoms with Crippen molar-refractivity contribution in [1.82, 2.24) is 4.57 Å². The highest BCUT2D eigenvalue weighted by molar-refractivity contribution is 7.80. The second-order valence-corrected chi connectivity index (χ2v) is 4.53. The molecule has 0 aliphatic rings. The van der Waals surface area contributed by atoms with Crippen molar-refractivity contribution in [3.8, 4) is 0 Å². The number of aromatic nitrogens is 1. The summed E-state index contributed by atoms with van der Waals surface area (Å²) in [6, 6.07) is 14.8. The van der Waals surface area contributed by atoms with Crippen LogP contribution >= 0.6 is 12.2 Å². The van der Waals surface area contributed by atoms with Gasteiger partial charge in [-0.25, -0.2) is 0 Å². The van der Waals surface area contributed by atoms with Gasteiger partial charge in [0.05, 0.1) is 10.9 Å². The lowest BCUT2D eigenvalue weighted by atomic mass is 9.99. The maximum absolute atomic E-state index is 11.7. The van der Waals surface area contributed by atoms with Gasteiger partial charge in [-0.3, -0.25) is 4.79 Å². The van der Waals surface area contributed by atoms with E-state index in [0.29, 0.717) is 11.5 Å². The predicted octanol–water partition coefficient (Wildman–Crippen LogP) is 1.92. The molecule has 2 aromatic rings. The van der Waals surface area contributed by atoms with Crippen LogP contribution in [-0.2, 0) is 6.54 Å². The Morgan fingerprint density at radius 1 is 1.17 bits per heavy atom. The van der Waals surface area contributed by atoms with E-state index >= 15 is 0 Å². The monoisotopic (exact) mass is 258 g/mol. The molecule has 0 spiro atoms. The minimum Gasteiger partial charge on any atom is -0.393 e. The van der Waals surface area contributed by atoms with Crippen molar-refractivity contribution in [3.05, 3.63) is 70.6 Å². The van der Waals surface area contributed by atoms with Gasteiger partial charge in [0.1, 0.15) is 0 Å². The van der Waals surface area contributed by atoms with Crippen LogP contribution in [0.2, 0.25) is 0 Å². The molecule has 2 N–H and O–H groups in total. The van der Waals surface area contributed by atoms with Gasteiger partial charge in [-0.05, 0) is 11.6 Å². The van der Waals surface area contributed by atoms with Crippen LogP contribution in [0.15, 0.2) is 59.5 Å². The maximum Gasteiger partial charge on any atom is 0.250 e. The minimum atomic E-state index is -0.124. The van der Waals surface area contributed by atoms with Crippen molar-refractivity contribution >= 4 is 17.2 Å². The van der Waals surface area contributed by atoms with E-state index < -0.39 is 0 Å². The van der Waals surface area contributed by atoms with Crippen LogP contribution in [0.1, 0.15) is 11.5 Å². The van der Waals surface area contributed by atoms with Gasteiger partial charge in [0.25, 0.3) is 5.56 Å². The fraction of sp³-hybridized carbons (Fsp3) is 0.143. The molecule has 18 heavy (non-hydrogen) atoms. The van der Waals surface area contributed by atoms with Crippen molar-refractivity contribution in [2.24, 2.45) is 5.73 Å². The first kappa shape index (κ1) is 12.5. The van der Waals surface area contributed by atoms with Crippen LogP contribution in [0.5, 0.6) is 0 Å². The molecule has 1 unspecified atom stereocenters. The van der Waals surface area contributed by atoms with E-state index in [9.17, 15) is 4.79 Å². The molecule has 0 amide bonds. The first-order valence-corrected chi connectivity index (χ1v) is 6.09. The zero-order chi connectivity index (χ0) is 13.0. The fourth-order valence-electron chi connectivity index (χ4n) is 1.85. The smallest absolute Gasteiger partial charge is 0.250 e. The molecule has 3 nitrogen and oxygen atoms in total. The lowest BCUT2D eigenvalue weighted by Gasteiger charge is -2.17. The summed E-state index contributed by atoms with van der Waals surface area (Å²) in [6.45, 7) is 0.471. The van der Waals surface area contributed by atoms with Crippen LogP contribution in [0.25, 0.3) is 0 Å². The first-order chi connectivity index (χ1) is 8.68. The van der Waals surface area contributed by atoms with Crippen LogP contribution in [0, 0.1) is 0 Å². The number of hydrogen-bond donors (Lipinski definition) is 1. The Hall–Kier alpha value is -1.94. The molecule has 92 valence electrons. The standard InChI is InChI=1S/C14H14N2OS/c15-14(18)12(11-6-2-1-3-7-11)10-16-9-5-4-8-13(16)17/h1-9,12H,10H2,(H2,15,18). The Kier molecular flexibility index (Phi) is 3.89. The van der Waals surface area contributed by atoms with Crippen LogP contribution < -0.4 is 11.3 Å². The number of pyridine rings is 1. The van der Waals surface area contributed by atoms with Gasteiger partial charge in [0.15, 0.2) is 0 Å². The lowest BCUT2D eigenvalue weighted by molar-refractivity contribution is 0.638. The Morgan fingerprint density at radius 2 is 1.83 bits per heavy atom. The molecular formula is C14H14N2OS. The van der Waals surface area contributed by atoms with Crippen LogP contribution in [0.3, 0.4) is 0 Å². The molecule has 4 heteroatoms. The van der Waals surface area contributed by atoms with Gasteiger partial charge >= 0.3 is 0 Å². The Morgan fingerprint density at radius 3 is 2.44 bits per heavy atom. The number of thiocarbonyl (C=S) groups is 1. The average Bonchev–Trinajstić information content (AvgIpc) is 2.38. The highest BCUT2D eigenvalue weighted by Gasteiger charge is 2.15. The fourth-order valence-corrected chi connectivity index (χ4v) is 2.06. The average molecular weight is 258 g/mol. The number of nitrogens with two attached hydrogens (primary N) is 1. The van der Waals surface area contributed by atoms with E-state index in [-0.39, 0.29) is 11.5 Å². The number of rotatable bonds is 4. The second-order valence-electron chi connectivity index (χ2n) is 4.06. The molecule has 0 bridgehead atoms. The third-order valence-electron chi connectivity index (χ3n) is 2.82. The zero-order valence-corrected chi connectivity index (χ0v) is 10.6. The van der Waals surface area contributed by atoms with Crippen LogP contribution in [-0.4, -0.2) is 9.56 Å². The summed E-state index contributed by atoms with van der Waals surface area (Å²) in [4.78, 5) is 12.1. The zero-order valence-electron chi connectivity index (χ0n) is 9.82. The molecule has 0 radical (unpaired) electrons. The molecule has 1 aromatic heterocycles. The van der Waals surface area contributed by atoms with E-state index in [4.69, 9.17) is 18.0 Å². The second kappa shape index (κ2) is 5.60. The van der Waals surface area contributed by atoms with Gasteiger partial charge < -0.3 is 10.3 Å². The predicted molar refractivity (Wildman–Crippen MR) is 76.7 cm³/mol. The molecule has 0 aliphatic carbocycles. The van der Waals surface area contributed by atoms with Crippen molar-refractivity contribution < 1.29 is 0 Å². The van der Waals surface area contributed by atoms with E-state index in [1.807, 2.05) is 36.4 Å². The van der Waals surface area contributed by atoms with E-state index in [2.05, 4.69) is 0 Å². The summed E-state index contributed by atoms with van der Waals surface area (Å²) < 4.78 is 1.62. The van der Waals surface area contributed by atoms with Crippen molar-refractivity contribution in [3.63, 3.8) is 0 Å². The maximum atomic E-state index is 11.7. The summed E-state index contributed by atoms with van der Waals surface area (Å²) >= 11 is 5.10. The third-order valence-corrected chi connectivity index (χ3v) is 3.11. The Labute approximate surface area is 111 Å².